The first-order valence-corrected chi connectivity index (χ1v) is 7.98. The number of nitrogen functional groups attached to an aromatic ring is 1. The number of hydrogen-bond donors (Lipinski definition) is 1. The largest absolute Gasteiger partial charge is 0.496 e. The van der Waals surface area contributed by atoms with Gasteiger partial charge in [-0.15, -0.1) is 0 Å². The normalized spacial score (nSPS) is 18.1. The number of benzene rings is 1. The molecule has 2 aromatic rings. The van der Waals surface area contributed by atoms with Crippen LogP contribution in [0.25, 0.3) is 0 Å². The summed E-state index contributed by atoms with van der Waals surface area (Å²) in [5, 5.41) is 0. The lowest BCUT2D eigenvalue weighted by Crippen LogP contribution is -2.32. The second kappa shape index (κ2) is 7.18. The van der Waals surface area contributed by atoms with Gasteiger partial charge < -0.3 is 20.1 Å². The van der Waals surface area contributed by atoms with Gasteiger partial charge in [-0.05, 0) is 19.4 Å². The van der Waals surface area contributed by atoms with Gasteiger partial charge in [0.15, 0.2) is 11.6 Å². The Morgan fingerprint density at radius 3 is 2.72 bits per heavy atom. The van der Waals surface area contributed by atoms with Crippen LogP contribution in [0, 0.1) is 18.6 Å². The number of nitrogens with two attached hydrogens (primary N) is 1. The van der Waals surface area contributed by atoms with Crippen molar-refractivity contribution in [2.75, 3.05) is 37.5 Å². The number of halogens is 2. The molecular formula is C17H20F2N4O2. The van der Waals surface area contributed by atoms with E-state index >= 15 is 0 Å². The molecule has 1 fully saturated rings. The molecule has 0 amide bonds. The van der Waals surface area contributed by atoms with E-state index in [0.717, 1.165) is 24.2 Å². The van der Waals surface area contributed by atoms with E-state index < -0.39 is 11.6 Å². The van der Waals surface area contributed by atoms with E-state index in [-0.39, 0.29) is 17.7 Å². The summed E-state index contributed by atoms with van der Waals surface area (Å²) in [5.74, 6) is -0.844. The molecule has 1 atom stereocenters. The molecule has 1 aliphatic heterocycles. The Morgan fingerprint density at radius 2 is 2.00 bits per heavy atom. The fraction of sp³-hybridized carbons (Fsp3) is 0.412. The number of ether oxygens (including phenoxy) is 2. The summed E-state index contributed by atoms with van der Waals surface area (Å²) in [7, 11) is 1.42. The molecule has 0 saturated carbocycles. The molecule has 0 bridgehead atoms. The lowest BCUT2D eigenvalue weighted by atomic mass is 10.0. The van der Waals surface area contributed by atoms with Gasteiger partial charge in [-0.1, -0.05) is 0 Å². The lowest BCUT2D eigenvalue weighted by Gasteiger charge is -2.31. The Hall–Kier alpha value is -2.48. The number of rotatable bonds is 3. The molecule has 1 aliphatic rings. The van der Waals surface area contributed by atoms with Crippen molar-refractivity contribution in [2.24, 2.45) is 0 Å². The Labute approximate surface area is 144 Å². The van der Waals surface area contributed by atoms with Crippen LogP contribution in [0.4, 0.5) is 20.5 Å². The molecule has 0 aliphatic carbocycles. The monoisotopic (exact) mass is 350 g/mol. The first-order chi connectivity index (χ1) is 12.0. The zero-order chi connectivity index (χ0) is 18.0. The van der Waals surface area contributed by atoms with Gasteiger partial charge >= 0.3 is 0 Å². The fourth-order valence-electron chi connectivity index (χ4n) is 3.01. The second-order valence-corrected chi connectivity index (χ2v) is 5.87. The second-order valence-electron chi connectivity index (χ2n) is 5.87. The number of hydrogen-bond acceptors (Lipinski definition) is 6. The minimum absolute atomic E-state index is 0.163. The Morgan fingerprint density at radius 1 is 1.24 bits per heavy atom. The van der Waals surface area contributed by atoms with E-state index in [1.807, 2.05) is 11.8 Å². The zero-order valence-corrected chi connectivity index (χ0v) is 14.1. The SMILES string of the molecule is COc1cc(F)c(F)cc1C1COCCCN1c1cc(C)nc(N)n1. The summed E-state index contributed by atoms with van der Waals surface area (Å²) < 4.78 is 38.4. The Balaban J connectivity index is 2.09. The maximum absolute atomic E-state index is 13.9. The van der Waals surface area contributed by atoms with Gasteiger partial charge in [-0.2, -0.15) is 4.98 Å². The smallest absolute Gasteiger partial charge is 0.222 e. The fourth-order valence-corrected chi connectivity index (χ4v) is 3.01. The van der Waals surface area contributed by atoms with Gasteiger partial charge in [0.05, 0.1) is 19.8 Å². The third kappa shape index (κ3) is 3.63. The highest BCUT2D eigenvalue weighted by Crippen LogP contribution is 2.35. The summed E-state index contributed by atoms with van der Waals surface area (Å²) in [6.45, 7) is 3.31. The van der Waals surface area contributed by atoms with Gasteiger partial charge in [0, 0.05) is 36.5 Å². The Bertz CT molecular complexity index is 752. The zero-order valence-electron chi connectivity index (χ0n) is 14.1. The number of methoxy groups -OCH3 is 1. The van der Waals surface area contributed by atoms with Crippen molar-refractivity contribution in [1.82, 2.24) is 9.97 Å². The van der Waals surface area contributed by atoms with Crippen LogP contribution >= 0.6 is 0 Å². The first-order valence-electron chi connectivity index (χ1n) is 7.98. The van der Waals surface area contributed by atoms with E-state index in [9.17, 15) is 8.78 Å². The van der Waals surface area contributed by atoms with E-state index in [1.165, 1.54) is 7.11 Å². The van der Waals surface area contributed by atoms with Crippen molar-refractivity contribution in [2.45, 2.75) is 19.4 Å². The minimum atomic E-state index is -0.955. The third-order valence-corrected chi connectivity index (χ3v) is 4.12. The number of aryl methyl sites for hydroxylation is 1. The van der Waals surface area contributed by atoms with Crippen molar-refractivity contribution in [1.29, 1.82) is 0 Å². The van der Waals surface area contributed by atoms with Crippen LogP contribution in [0.2, 0.25) is 0 Å². The summed E-state index contributed by atoms with van der Waals surface area (Å²) in [5.41, 5.74) is 7.00. The molecule has 2 N–H and O–H groups in total. The number of anilines is 2. The molecule has 1 aromatic carbocycles. The van der Waals surface area contributed by atoms with E-state index in [4.69, 9.17) is 15.2 Å². The van der Waals surface area contributed by atoms with Gasteiger partial charge in [0.1, 0.15) is 11.6 Å². The molecule has 0 spiro atoms. The number of aromatic nitrogens is 2. The summed E-state index contributed by atoms with van der Waals surface area (Å²) in [6, 6.07) is 3.62. The maximum Gasteiger partial charge on any atom is 0.222 e. The topological polar surface area (TPSA) is 73.5 Å². The number of nitrogens with zero attached hydrogens (tertiary/aromatic N) is 3. The van der Waals surface area contributed by atoms with E-state index in [0.29, 0.717) is 31.1 Å². The average molecular weight is 350 g/mol. The quantitative estimate of drug-likeness (QED) is 0.917. The van der Waals surface area contributed by atoms with Crippen LogP contribution in [-0.4, -0.2) is 36.8 Å². The van der Waals surface area contributed by atoms with Gasteiger partial charge in [0.2, 0.25) is 5.95 Å². The molecule has 2 heterocycles. The van der Waals surface area contributed by atoms with Crippen molar-refractivity contribution in [3.05, 3.63) is 41.1 Å². The molecule has 0 radical (unpaired) electrons. The average Bonchev–Trinajstić information content (AvgIpc) is 2.82. The highest BCUT2D eigenvalue weighted by Gasteiger charge is 2.28. The van der Waals surface area contributed by atoms with Crippen LogP contribution in [0.1, 0.15) is 23.7 Å². The summed E-state index contributed by atoms with van der Waals surface area (Å²) >= 11 is 0. The van der Waals surface area contributed by atoms with Gasteiger partial charge in [0.25, 0.3) is 0 Å². The van der Waals surface area contributed by atoms with Crippen molar-refractivity contribution < 1.29 is 18.3 Å². The minimum Gasteiger partial charge on any atom is -0.496 e. The predicted octanol–water partition coefficient (Wildman–Crippen LogP) is 2.62. The molecule has 6 nitrogen and oxygen atoms in total. The summed E-state index contributed by atoms with van der Waals surface area (Å²) in [4.78, 5) is 10.3. The van der Waals surface area contributed by atoms with E-state index in [1.54, 1.807) is 6.07 Å². The summed E-state index contributed by atoms with van der Waals surface area (Å²) in [6.07, 6.45) is 0.769. The van der Waals surface area contributed by atoms with Gasteiger partial charge in [-0.25, -0.2) is 13.8 Å². The third-order valence-electron chi connectivity index (χ3n) is 4.12. The van der Waals surface area contributed by atoms with Crippen LogP contribution in [0.5, 0.6) is 5.75 Å². The highest BCUT2D eigenvalue weighted by molar-refractivity contribution is 5.49. The molecule has 1 saturated heterocycles. The van der Waals surface area contributed by atoms with Crippen molar-refractivity contribution in [3.8, 4) is 5.75 Å². The van der Waals surface area contributed by atoms with Crippen molar-refractivity contribution >= 4 is 11.8 Å². The molecule has 1 unspecified atom stereocenters. The molecule has 134 valence electrons. The first kappa shape index (κ1) is 17.3. The van der Waals surface area contributed by atoms with Crippen LogP contribution in [0.3, 0.4) is 0 Å². The molecule has 1 aromatic heterocycles. The molecule has 8 heteroatoms. The molecular weight excluding hydrogens is 330 g/mol. The van der Waals surface area contributed by atoms with Gasteiger partial charge in [-0.3, -0.25) is 0 Å². The highest BCUT2D eigenvalue weighted by atomic mass is 19.2. The van der Waals surface area contributed by atoms with Crippen LogP contribution < -0.4 is 15.4 Å². The predicted molar refractivity (Wildman–Crippen MR) is 89.6 cm³/mol. The standard InChI is InChI=1S/C17H20F2N4O2/c1-10-6-16(22-17(20)21-10)23-4-3-5-25-9-14(23)11-7-12(18)13(19)8-15(11)24-2/h6-8,14H,3-5,9H2,1-2H3,(H2,20,21,22). The lowest BCUT2D eigenvalue weighted by molar-refractivity contribution is 0.133. The maximum atomic E-state index is 13.9. The van der Waals surface area contributed by atoms with Crippen molar-refractivity contribution in [3.63, 3.8) is 0 Å². The molecule has 25 heavy (non-hydrogen) atoms. The van der Waals surface area contributed by atoms with E-state index in [2.05, 4.69) is 9.97 Å². The Kier molecular flexibility index (Phi) is 4.98. The van der Waals surface area contributed by atoms with Crippen LogP contribution in [-0.2, 0) is 4.74 Å². The molecule has 3 rings (SSSR count). The van der Waals surface area contributed by atoms with Crippen LogP contribution in [0.15, 0.2) is 18.2 Å².